The number of morpholine rings is 1. The van der Waals surface area contributed by atoms with Crippen LogP contribution in [0.5, 0.6) is 0 Å². The molecule has 0 unspecified atom stereocenters. The second-order valence-electron chi connectivity index (χ2n) is 7.65. The van der Waals surface area contributed by atoms with Gasteiger partial charge in [-0.25, -0.2) is 0 Å². The van der Waals surface area contributed by atoms with Gasteiger partial charge < -0.3 is 10.1 Å². The van der Waals surface area contributed by atoms with Crippen molar-refractivity contribution in [3.63, 3.8) is 0 Å². The van der Waals surface area contributed by atoms with Crippen LogP contribution >= 0.6 is 11.6 Å². The molecule has 3 rings (SSSR count). The maximum atomic E-state index is 13.0. The van der Waals surface area contributed by atoms with Crippen molar-refractivity contribution in [1.29, 1.82) is 0 Å². The Morgan fingerprint density at radius 2 is 1.71 bits per heavy atom. The van der Waals surface area contributed by atoms with Gasteiger partial charge in [0.1, 0.15) is 0 Å². The van der Waals surface area contributed by atoms with E-state index in [4.69, 9.17) is 16.3 Å². The monoisotopic (exact) mass is 400 g/mol. The summed E-state index contributed by atoms with van der Waals surface area (Å²) >= 11 is 6.00. The number of carbonyl (C=O) groups excluding carboxylic acids is 1. The average Bonchev–Trinajstić information content (AvgIpc) is 2.69. The molecule has 1 atom stereocenters. The fourth-order valence-corrected chi connectivity index (χ4v) is 3.81. The summed E-state index contributed by atoms with van der Waals surface area (Å²) in [7, 11) is 0. The lowest BCUT2D eigenvalue weighted by Crippen LogP contribution is -2.36. The number of hydrogen-bond donors (Lipinski definition) is 1. The fourth-order valence-electron chi connectivity index (χ4n) is 3.69. The van der Waals surface area contributed by atoms with Gasteiger partial charge >= 0.3 is 0 Å². The highest BCUT2D eigenvalue weighted by molar-refractivity contribution is 6.30. The molecule has 28 heavy (non-hydrogen) atoms. The van der Waals surface area contributed by atoms with Crippen LogP contribution in [-0.4, -0.2) is 37.1 Å². The molecule has 0 aliphatic carbocycles. The van der Waals surface area contributed by atoms with Crippen LogP contribution in [0.3, 0.4) is 0 Å². The standard InChI is InChI=1S/C23H29ClN2O2/c1-17(2)22(18-7-9-21(24)10-8-18)23(27)25-15-19-5-3-4-6-20(19)16-26-11-13-28-14-12-26/h3-10,17,22H,11-16H2,1-2H3,(H,25,27)/t22-/m1/s1. The molecule has 0 saturated carbocycles. The Labute approximate surface area is 172 Å². The summed E-state index contributed by atoms with van der Waals surface area (Å²) in [6.45, 7) is 9.05. The Hall–Kier alpha value is -1.88. The summed E-state index contributed by atoms with van der Waals surface area (Å²) in [4.78, 5) is 15.4. The number of rotatable bonds is 7. The van der Waals surface area contributed by atoms with E-state index in [1.54, 1.807) is 0 Å². The van der Waals surface area contributed by atoms with Crippen LogP contribution in [-0.2, 0) is 22.6 Å². The minimum atomic E-state index is -0.191. The molecule has 0 bridgehead atoms. The third-order valence-electron chi connectivity index (χ3n) is 5.25. The van der Waals surface area contributed by atoms with Crippen molar-refractivity contribution in [1.82, 2.24) is 10.2 Å². The van der Waals surface area contributed by atoms with Gasteiger partial charge in [-0.05, 0) is 34.7 Å². The molecule has 1 fully saturated rings. The van der Waals surface area contributed by atoms with E-state index in [0.717, 1.165) is 38.4 Å². The number of hydrogen-bond acceptors (Lipinski definition) is 3. The van der Waals surface area contributed by atoms with Crippen LogP contribution in [0.1, 0.15) is 36.5 Å². The molecule has 1 aliphatic rings. The number of carbonyl (C=O) groups is 1. The number of nitrogens with zero attached hydrogens (tertiary/aromatic N) is 1. The third kappa shape index (κ3) is 5.57. The first kappa shape index (κ1) is 20.8. The Kier molecular flexibility index (Phi) is 7.49. The lowest BCUT2D eigenvalue weighted by Gasteiger charge is -2.27. The van der Waals surface area contributed by atoms with E-state index in [1.165, 1.54) is 11.1 Å². The lowest BCUT2D eigenvalue weighted by molar-refractivity contribution is -0.123. The van der Waals surface area contributed by atoms with Gasteiger partial charge in [0.25, 0.3) is 0 Å². The first-order valence-electron chi connectivity index (χ1n) is 9.94. The van der Waals surface area contributed by atoms with Gasteiger partial charge in [0, 0.05) is 31.2 Å². The molecule has 1 heterocycles. The number of benzene rings is 2. The molecule has 1 N–H and O–H groups in total. The zero-order valence-corrected chi connectivity index (χ0v) is 17.4. The van der Waals surface area contributed by atoms with Crippen molar-refractivity contribution < 1.29 is 9.53 Å². The maximum Gasteiger partial charge on any atom is 0.228 e. The third-order valence-corrected chi connectivity index (χ3v) is 5.50. The number of ether oxygens (including phenoxy) is 1. The van der Waals surface area contributed by atoms with E-state index in [2.05, 4.69) is 42.3 Å². The highest BCUT2D eigenvalue weighted by Crippen LogP contribution is 2.26. The average molecular weight is 401 g/mol. The Balaban J connectivity index is 1.66. The summed E-state index contributed by atoms with van der Waals surface area (Å²) < 4.78 is 5.44. The Morgan fingerprint density at radius 1 is 1.07 bits per heavy atom. The highest BCUT2D eigenvalue weighted by atomic mass is 35.5. The largest absolute Gasteiger partial charge is 0.379 e. The Bertz CT molecular complexity index is 770. The van der Waals surface area contributed by atoms with Crippen LogP contribution in [0.4, 0.5) is 0 Å². The fraction of sp³-hybridized carbons (Fsp3) is 0.435. The van der Waals surface area contributed by atoms with E-state index < -0.39 is 0 Å². The number of amides is 1. The van der Waals surface area contributed by atoms with E-state index >= 15 is 0 Å². The molecule has 0 aromatic heterocycles. The summed E-state index contributed by atoms with van der Waals surface area (Å²) in [6.07, 6.45) is 0. The second-order valence-corrected chi connectivity index (χ2v) is 8.08. The van der Waals surface area contributed by atoms with Crippen molar-refractivity contribution in [2.75, 3.05) is 26.3 Å². The molecule has 1 aliphatic heterocycles. The molecular formula is C23H29ClN2O2. The zero-order valence-electron chi connectivity index (χ0n) is 16.7. The van der Waals surface area contributed by atoms with Gasteiger partial charge in [-0.3, -0.25) is 9.69 Å². The molecule has 150 valence electrons. The van der Waals surface area contributed by atoms with Crippen LogP contribution < -0.4 is 5.32 Å². The van der Waals surface area contributed by atoms with E-state index in [-0.39, 0.29) is 17.7 Å². The quantitative estimate of drug-likeness (QED) is 0.756. The van der Waals surface area contributed by atoms with Crippen molar-refractivity contribution >= 4 is 17.5 Å². The Morgan fingerprint density at radius 3 is 2.36 bits per heavy atom. The van der Waals surface area contributed by atoms with Crippen molar-refractivity contribution in [2.24, 2.45) is 5.92 Å². The SMILES string of the molecule is CC(C)[C@@H](C(=O)NCc1ccccc1CN1CCOCC1)c1ccc(Cl)cc1. The molecule has 5 heteroatoms. The van der Waals surface area contributed by atoms with Crippen molar-refractivity contribution in [3.05, 3.63) is 70.2 Å². The van der Waals surface area contributed by atoms with Crippen molar-refractivity contribution in [3.8, 4) is 0 Å². The van der Waals surface area contributed by atoms with E-state index in [0.29, 0.717) is 11.6 Å². The van der Waals surface area contributed by atoms with E-state index in [9.17, 15) is 4.79 Å². The van der Waals surface area contributed by atoms with Crippen LogP contribution in [0.2, 0.25) is 5.02 Å². The predicted molar refractivity (Wildman–Crippen MR) is 113 cm³/mol. The maximum absolute atomic E-state index is 13.0. The summed E-state index contributed by atoms with van der Waals surface area (Å²) in [5.74, 6) is 0.0620. The molecule has 4 nitrogen and oxygen atoms in total. The highest BCUT2D eigenvalue weighted by Gasteiger charge is 2.24. The van der Waals surface area contributed by atoms with Crippen LogP contribution in [0.15, 0.2) is 48.5 Å². The number of halogens is 1. The smallest absolute Gasteiger partial charge is 0.228 e. The first-order chi connectivity index (χ1) is 13.5. The van der Waals surface area contributed by atoms with Gasteiger partial charge in [0.05, 0.1) is 19.1 Å². The lowest BCUT2D eigenvalue weighted by atomic mass is 9.87. The second kappa shape index (κ2) is 10.1. The van der Waals surface area contributed by atoms with Gasteiger partial charge in [0.15, 0.2) is 0 Å². The zero-order chi connectivity index (χ0) is 19.9. The molecule has 0 radical (unpaired) electrons. The predicted octanol–water partition coefficient (Wildman–Crippen LogP) is 4.23. The van der Waals surface area contributed by atoms with Crippen LogP contribution in [0, 0.1) is 5.92 Å². The summed E-state index contributed by atoms with van der Waals surface area (Å²) in [5.41, 5.74) is 3.43. The van der Waals surface area contributed by atoms with Gasteiger partial charge in [-0.15, -0.1) is 0 Å². The first-order valence-corrected chi connectivity index (χ1v) is 10.3. The molecule has 2 aromatic rings. The van der Waals surface area contributed by atoms with Crippen molar-refractivity contribution in [2.45, 2.75) is 32.9 Å². The molecule has 1 saturated heterocycles. The van der Waals surface area contributed by atoms with Gasteiger partial charge in [0.2, 0.25) is 5.91 Å². The molecular weight excluding hydrogens is 372 g/mol. The van der Waals surface area contributed by atoms with Gasteiger partial charge in [-0.2, -0.15) is 0 Å². The minimum absolute atomic E-state index is 0.0542. The molecule has 1 amide bonds. The van der Waals surface area contributed by atoms with E-state index in [1.807, 2.05) is 30.3 Å². The van der Waals surface area contributed by atoms with Crippen LogP contribution in [0.25, 0.3) is 0 Å². The normalized spacial score (nSPS) is 16.1. The minimum Gasteiger partial charge on any atom is -0.379 e. The number of nitrogens with one attached hydrogen (secondary N) is 1. The molecule has 2 aromatic carbocycles. The summed E-state index contributed by atoms with van der Waals surface area (Å²) in [6, 6.07) is 15.9. The van der Waals surface area contributed by atoms with Gasteiger partial charge in [-0.1, -0.05) is 61.8 Å². The molecule has 0 spiro atoms. The topological polar surface area (TPSA) is 41.6 Å². The summed E-state index contributed by atoms with van der Waals surface area (Å²) in [5, 5.41) is 3.84.